The lowest BCUT2D eigenvalue weighted by molar-refractivity contribution is -0.113. The van der Waals surface area contributed by atoms with E-state index < -0.39 is 5.97 Å². The van der Waals surface area contributed by atoms with Gasteiger partial charge in [0.15, 0.2) is 11.0 Å². The first-order chi connectivity index (χ1) is 14.9. The second-order valence-electron chi connectivity index (χ2n) is 6.82. The molecule has 1 aromatic heterocycles. The molecule has 0 saturated carbocycles. The highest BCUT2D eigenvalue weighted by atomic mass is 32.2. The topological polar surface area (TPSA) is 95.3 Å². The molecule has 3 aromatic rings. The molecule has 31 heavy (non-hydrogen) atoms. The van der Waals surface area contributed by atoms with Gasteiger partial charge in [0.25, 0.3) is 0 Å². The molecule has 0 fully saturated rings. The van der Waals surface area contributed by atoms with Crippen LogP contribution in [-0.4, -0.2) is 39.5 Å². The third-order valence-electron chi connectivity index (χ3n) is 4.78. The Hall–Kier alpha value is -3.33. The van der Waals surface area contributed by atoms with Crippen molar-refractivity contribution in [2.45, 2.75) is 25.6 Å². The van der Waals surface area contributed by atoms with E-state index in [4.69, 9.17) is 9.47 Å². The maximum absolute atomic E-state index is 12.4. The Morgan fingerprint density at radius 1 is 1.10 bits per heavy atom. The predicted octanol–water partition coefficient (Wildman–Crippen LogP) is 3.53. The normalized spacial score (nSPS) is 10.6. The third-order valence-corrected chi connectivity index (χ3v) is 5.80. The number of anilines is 1. The van der Waals surface area contributed by atoms with Crippen LogP contribution in [0.5, 0.6) is 5.75 Å². The molecular weight excluding hydrogens is 416 g/mol. The van der Waals surface area contributed by atoms with Gasteiger partial charge in [-0.1, -0.05) is 36.0 Å². The summed E-state index contributed by atoms with van der Waals surface area (Å²) in [6.07, 6.45) is 0. The monoisotopic (exact) mass is 440 g/mol. The van der Waals surface area contributed by atoms with Crippen molar-refractivity contribution in [1.29, 1.82) is 0 Å². The summed E-state index contributed by atoms with van der Waals surface area (Å²) in [4.78, 5) is 24.2. The van der Waals surface area contributed by atoms with Gasteiger partial charge in [-0.05, 0) is 43.2 Å². The highest BCUT2D eigenvalue weighted by Gasteiger charge is 2.16. The lowest BCUT2D eigenvalue weighted by Gasteiger charge is -2.11. The van der Waals surface area contributed by atoms with Crippen LogP contribution in [0.25, 0.3) is 0 Å². The molecule has 0 unspecified atom stereocenters. The smallest absolute Gasteiger partial charge is 0.339 e. The number of methoxy groups -OCH3 is 1. The number of ether oxygens (including phenoxy) is 2. The molecule has 0 bridgehead atoms. The lowest BCUT2D eigenvalue weighted by atomic mass is 10.1. The van der Waals surface area contributed by atoms with Crippen molar-refractivity contribution in [2.75, 3.05) is 18.2 Å². The summed E-state index contributed by atoms with van der Waals surface area (Å²) < 4.78 is 12.4. The number of hydrogen-bond acceptors (Lipinski definition) is 7. The van der Waals surface area contributed by atoms with Crippen LogP contribution < -0.4 is 10.1 Å². The van der Waals surface area contributed by atoms with Crippen molar-refractivity contribution >= 4 is 29.3 Å². The quantitative estimate of drug-likeness (QED) is 0.423. The summed E-state index contributed by atoms with van der Waals surface area (Å²) in [7, 11) is 3.13. The van der Waals surface area contributed by atoms with E-state index in [0.29, 0.717) is 22.2 Å². The molecule has 0 aliphatic rings. The highest BCUT2D eigenvalue weighted by Crippen LogP contribution is 2.23. The van der Waals surface area contributed by atoms with Crippen molar-refractivity contribution in [2.24, 2.45) is 7.05 Å². The van der Waals surface area contributed by atoms with Gasteiger partial charge in [-0.3, -0.25) is 4.79 Å². The zero-order chi connectivity index (χ0) is 22.4. The van der Waals surface area contributed by atoms with E-state index >= 15 is 0 Å². The molecule has 1 amide bonds. The van der Waals surface area contributed by atoms with Crippen molar-refractivity contribution in [3.05, 3.63) is 65.0 Å². The van der Waals surface area contributed by atoms with E-state index in [-0.39, 0.29) is 18.3 Å². The molecule has 162 valence electrons. The minimum atomic E-state index is -0.509. The Labute approximate surface area is 185 Å². The fraction of sp³-hybridized carbons (Fsp3) is 0.273. The SMILES string of the molecule is COC(=O)c1ccccc1NC(=O)CSc1nnc(COc2cccc(C)c2C)n1C. The first-order valence-electron chi connectivity index (χ1n) is 9.58. The van der Waals surface area contributed by atoms with Crippen molar-refractivity contribution in [1.82, 2.24) is 14.8 Å². The number of benzene rings is 2. The van der Waals surface area contributed by atoms with Gasteiger partial charge in [0.05, 0.1) is 24.1 Å². The summed E-state index contributed by atoms with van der Waals surface area (Å²) >= 11 is 1.25. The summed E-state index contributed by atoms with van der Waals surface area (Å²) in [5.74, 6) is 0.794. The molecule has 0 saturated heterocycles. The van der Waals surface area contributed by atoms with Gasteiger partial charge in [-0.25, -0.2) is 4.79 Å². The predicted molar refractivity (Wildman–Crippen MR) is 118 cm³/mol. The molecular formula is C22H24N4O4S. The van der Waals surface area contributed by atoms with Gasteiger partial charge in [-0.2, -0.15) is 0 Å². The number of nitrogens with one attached hydrogen (secondary N) is 1. The molecule has 1 heterocycles. The fourth-order valence-corrected chi connectivity index (χ4v) is 3.55. The molecule has 8 nitrogen and oxygen atoms in total. The van der Waals surface area contributed by atoms with E-state index in [1.165, 1.54) is 18.9 Å². The summed E-state index contributed by atoms with van der Waals surface area (Å²) in [6, 6.07) is 12.6. The van der Waals surface area contributed by atoms with E-state index in [1.807, 2.05) is 39.1 Å². The van der Waals surface area contributed by atoms with E-state index in [9.17, 15) is 9.59 Å². The molecule has 0 radical (unpaired) electrons. The van der Waals surface area contributed by atoms with Crippen LogP contribution in [-0.2, 0) is 23.2 Å². The molecule has 0 aliphatic carbocycles. The molecule has 9 heteroatoms. The summed E-state index contributed by atoms with van der Waals surface area (Å²) in [5.41, 5.74) is 2.95. The second-order valence-corrected chi connectivity index (χ2v) is 7.76. The zero-order valence-corrected chi connectivity index (χ0v) is 18.7. The number of nitrogens with zero attached hydrogens (tertiary/aromatic N) is 3. The molecule has 3 rings (SSSR count). The Balaban J connectivity index is 1.58. The van der Waals surface area contributed by atoms with Gasteiger partial charge >= 0.3 is 5.97 Å². The van der Waals surface area contributed by atoms with Gasteiger partial charge in [0.1, 0.15) is 12.4 Å². The Morgan fingerprint density at radius 2 is 1.87 bits per heavy atom. The number of hydrogen-bond donors (Lipinski definition) is 1. The number of aromatic nitrogens is 3. The lowest BCUT2D eigenvalue weighted by Crippen LogP contribution is -2.17. The highest BCUT2D eigenvalue weighted by molar-refractivity contribution is 7.99. The van der Waals surface area contributed by atoms with Gasteiger partial charge < -0.3 is 19.4 Å². The van der Waals surface area contributed by atoms with Gasteiger partial charge in [0, 0.05) is 7.05 Å². The van der Waals surface area contributed by atoms with Crippen LogP contribution >= 0.6 is 11.8 Å². The number of thioether (sulfide) groups is 1. The number of amides is 1. The van der Waals surface area contributed by atoms with Crippen LogP contribution in [0.1, 0.15) is 27.3 Å². The average Bonchev–Trinajstić information content (AvgIpc) is 3.12. The van der Waals surface area contributed by atoms with Crippen molar-refractivity contribution in [3.8, 4) is 5.75 Å². The van der Waals surface area contributed by atoms with E-state index in [2.05, 4.69) is 15.5 Å². The molecule has 0 atom stereocenters. The molecule has 0 spiro atoms. The first-order valence-corrected chi connectivity index (χ1v) is 10.6. The number of rotatable bonds is 8. The van der Waals surface area contributed by atoms with Crippen LogP contribution in [0.4, 0.5) is 5.69 Å². The van der Waals surface area contributed by atoms with E-state index in [1.54, 1.807) is 28.8 Å². The maximum atomic E-state index is 12.4. The number of carbonyl (C=O) groups excluding carboxylic acids is 2. The number of para-hydroxylation sites is 1. The fourth-order valence-electron chi connectivity index (χ4n) is 2.82. The third kappa shape index (κ3) is 5.43. The summed E-state index contributed by atoms with van der Waals surface area (Å²) in [5, 5.41) is 11.6. The molecule has 2 aromatic carbocycles. The largest absolute Gasteiger partial charge is 0.485 e. The Morgan fingerprint density at radius 3 is 2.65 bits per heavy atom. The van der Waals surface area contributed by atoms with Gasteiger partial charge in [0.2, 0.25) is 5.91 Å². The van der Waals surface area contributed by atoms with Crippen LogP contribution in [0.3, 0.4) is 0 Å². The zero-order valence-electron chi connectivity index (χ0n) is 17.8. The second kappa shape index (κ2) is 10.1. The standard InChI is InChI=1S/C22H24N4O4S/c1-14-8-7-11-18(15(14)2)30-12-19-24-25-22(26(19)3)31-13-20(27)23-17-10-6-5-9-16(17)21(28)29-4/h5-11H,12-13H2,1-4H3,(H,23,27). The first kappa shape index (κ1) is 22.4. The van der Waals surface area contributed by atoms with Crippen LogP contribution in [0.2, 0.25) is 0 Å². The number of carbonyl (C=O) groups is 2. The summed E-state index contributed by atoms with van der Waals surface area (Å²) in [6.45, 7) is 4.32. The van der Waals surface area contributed by atoms with Crippen LogP contribution in [0.15, 0.2) is 47.6 Å². The molecule has 0 aliphatic heterocycles. The maximum Gasteiger partial charge on any atom is 0.339 e. The minimum absolute atomic E-state index is 0.110. The van der Waals surface area contributed by atoms with Crippen LogP contribution in [0, 0.1) is 13.8 Å². The number of esters is 1. The minimum Gasteiger partial charge on any atom is -0.485 e. The number of aryl methyl sites for hydroxylation is 1. The molecule has 1 N–H and O–H groups in total. The van der Waals surface area contributed by atoms with Crippen molar-refractivity contribution < 1.29 is 19.1 Å². The van der Waals surface area contributed by atoms with Crippen molar-refractivity contribution in [3.63, 3.8) is 0 Å². The van der Waals surface area contributed by atoms with E-state index in [0.717, 1.165) is 16.9 Å². The Kier molecular flexibility index (Phi) is 7.30. The average molecular weight is 441 g/mol. The Bertz CT molecular complexity index is 1100. The van der Waals surface area contributed by atoms with Gasteiger partial charge in [-0.15, -0.1) is 10.2 Å².